The Labute approximate surface area is 167 Å². The molecular weight excluding hydrogens is 378 g/mol. The molecule has 2 unspecified atom stereocenters. The first-order chi connectivity index (χ1) is 13.2. The average molecular weight is 408 g/mol. The van der Waals surface area contributed by atoms with Crippen LogP contribution in [0.25, 0.3) is 0 Å². The number of hydrogen-bond acceptors (Lipinski definition) is 4. The molecular formula is C20H29N3O4S. The summed E-state index contributed by atoms with van der Waals surface area (Å²) < 4.78 is 26.4. The molecule has 1 aliphatic carbocycles. The van der Waals surface area contributed by atoms with Crippen molar-refractivity contribution in [1.29, 1.82) is 0 Å². The Morgan fingerprint density at radius 2 is 1.96 bits per heavy atom. The van der Waals surface area contributed by atoms with Gasteiger partial charge in [0.1, 0.15) is 16.7 Å². The van der Waals surface area contributed by atoms with E-state index >= 15 is 0 Å². The zero-order valence-corrected chi connectivity index (χ0v) is 17.3. The van der Waals surface area contributed by atoms with Crippen LogP contribution in [0.5, 0.6) is 0 Å². The van der Waals surface area contributed by atoms with Gasteiger partial charge in [-0.25, -0.2) is 0 Å². The van der Waals surface area contributed by atoms with Crippen LogP contribution in [0.4, 0.5) is 0 Å². The second-order valence-corrected chi connectivity index (χ2v) is 9.76. The molecule has 1 fully saturated rings. The Morgan fingerprint density at radius 3 is 2.61 bits per heavy atom. The van der Waals surface area contributed by atoms with E-state index in [1.54, 1.807) is 0 Å². The predicted octanol–water partition coefficient (Wildman–Crippen LogP) is 1.67. The highest BCUT2D eigenvalue weighted by Gasteiger charge is 2.47. The number of nitrogens with zero attached hydrogens (tertiary/aromatic N) is 1. The van der Waals surface area contributed by atoms with Crippen LogP contribution in [0.2, 0.25) is 0 Å². The van der Waals surface area contributed by atoms with Crippen LogP contribution < -0.4 is 10.0 Å². The third-order valence-electron chi connectivity index (χ3n) is 5.87. The van der Waals surface area contributed by atoms with Crippen LogP contribution in [-0.2, 0) is 29.6 Å². The summed E-state index contributed by atoms with van der Waals surface area (Å²) in [6.45, 7) is 3.35. The Kier molecular flexibility index (Phi) is 6.21. The van der Waals surface area contributed by atoms with Crippen molar-refractivity contribution in [3.05, 3.63) is 35.4 Å². The summed E-state index contributed by atoms with van der Waals surface area (Å²) in [7, 11) is -3.29. The van der Waals surface area contributed by atoms with E-state index in [1.165, 1.54) is 18.7 Å². The minimum Gasteiger partial charge on any atom is -0.598 e. The SMILES string of the molecule is CC(=O)NCCCC(=O)N1CCC2(CC1)CC(N[S+](C)(=O)[O-])c1ccccc12. The highest BCUT2D eigenvalue weighted by atomic mass is 32.3. The Hall–Kier alpha value is -1.77. The minimum atomic E-state index is -3.29. The van der Waals surface area contributed by atoms with Gasteiger partial charge in [0.25, 0.3) is 0 Å². The first-order valence-electron chi connectivity index (χ1n) is 9.79. The first kappa shape index (κ1) is 21.0. The maximum atomic E-state index is 12.5. The van der Waals surface area contributed by atoms with Crippen LogP contribution in [0.15, 0.2) is 24.3 Å². The van der Waals surface area contributed by atoms with Gasteiger partial charge in [0, 0.05) is 38.4 Å². The van der Waals surface area contributed by atoms with Gasteiger partial charge in [-0.15, -0.1) is 4.72 Å². The number of likely N-dealkylation sites (tertiary alicyclic amines) is 1. The van der Waals surface area contributed by atoms with Crippen molar-refractivity contribution < 1.29 is 18.4 Å². The number of amides is 2. The van der Waals surface area contributed by atoms with Gasteiger partial charge in [-0.3, -0.25) is 9.59 Å². The van der Waals surface area contributed by atoms with Gasteiger partial charge in [0.15, 0.2) is 0 Å². The molecule has 1 saturated heterocycles. The summed E-state index contributed by atoms with van der Waals surface area (Å²) in [5.74, 6) is 0.0433. The lowest BCUT2D eigenvalue weighted by Gasteiger charge is -2.40. The molecule has 1 spiro atoms. The third kappa shape index (κ3) is 4.79. The van der Waals surface area contributed by atoms with Gasteiger partial charge >= 0.3 is 0 Å². The fraction of sp³-hybridized carbons (Fsp3) is 0.600. The van der Waals surface area contributed by atoms with Gasteiger partial charge in [0.05, 0.1) is 6.04 Å². The van der Waals surface area contributed by atoms with Gasteiger partial charge in [-0.05, 0) is 36.8 Å². The number of rotatable bonds is 6. The van der Waals surface area contributed by atoms with Crippen molar-refractivity contribution in [2.45, 2.75) is 50.5 Å². The summed E-state index contributed by atoms with van der Waals surface area (Å²) in [6, 6.07) is 7.86. The van der Waals surface area contributed by atoms with Gasteiger partial charge in [-0.1, -0.05) is 28.5 Å². The number of carbonyl (C=O) groups is 2. The molecule has 0 saturated carbocycles. The maximum Gasteiger partial charge on any atom is 0.222 e. The highest BCUT2D eigenvalue weighted by Crippen LogP contribution is 2.51. The molecule has 2 N–H and O–H groups in total. The number of nitrogens with one attached hydrogen (secondary N) is 2. The van der Waals surface area contributed by atoms with Gasteiger partial charge in [0.2, 0.25) is 11.8 Å². The number of benzene rings is 1. The lowest BCUT2D eigenvalue weighted by atomic mass is 9.73. The van der Waals surface area contributed by atoms with E-state index in [1.807, 2.05) is 23.1 Å². The van der Waals surface area contributed by atoms with Gasteiger partial charge < -0.3 is 14.8 Å². The summed E-state index contributed by atoms with van der Waals surface area (Å²) in [6.07, 6.45) is 4.69. The summed E-state index contributed by atoms with van der Waals surface area (Å²) in [5.41, 5.74) is 2.20. The quantitative estimate of drug-likeness (QED) is 0.553. The topological polar surface area (TPSA) is 102 Å². The molecule has 2 amide bonds. The van der Waals surface area contributed by atoms with E-state index < -0.39 is 10.4 Å². The van der Waals surface area contributed by atoms with Crippen LogP contribution in [-0.4, -0.2) is 47.2 Å². The monoisotopic (exact) mass is 407 g/mol. The van der Waals surface area contributed by atoms with E-state index in [0.717, 1.165) is 24.8 Å². The van der Waals surface area contributed by atoms with Crippen LogP contribution in [0, 0.1) is 0 Å². The molecule has 1 aromatic carbocycles. The Balaban J connectivity index is 1.62. The zero-order valence-electron chi connectivity index (χ0n) is 16.5. The summed E-state index contributed by atoms with van der Waals surface area (Å²) >= 11 is 0. The molecule has 0 aromatic heterocycles. The molecule has 1 aliphatic heterocycles. The number of hydrogen-bond donors (Lipinski definition) is 2. The van der Waals surface area contributed by atoms with Crippen LogP contribution in [0.3, 0.4) is 0 Å². The van der Waals surface area contributed by atoms with Crippen LogP contribution in [0.1, 0.15) is 56.2 Å². The predicted molar refractivity (Wildman–Crippen MR) is 107 cm³/mol. The van der Waals surface area contributed by atoms with E-state index in [-0.39, 0.29) is 23.3 Å². The van der Waals surface area contributed by atoms with Gasteiger partial charge in [-0.2, -0.15) is 0 Å². The van der Waals surface area contributed by atoms with Crippen molar-refractivity contribution in [3.63, 3.8) is 0 Å². The molecule has 2 atom stereocenters. The average Bonchev–Trinajstić information content (AvgIpc) is 2.91. The van der Waals surface area contributed by atoms with Crippen molar-refractivity contribution >= 4 is 22.2 Å². The Bertz CT molecular complexity index is 783. The lowest BCUT2D eigenvalue weighted by Crippen LogP contribution is -2.45. The molecule has 0 bridgehead atoms. The van der Waals surface area contributed by atoms with E-state index in [9.17, 15) is 18.4 Å². The summed E-state index contributed by atoms with van der Waals surface area (Å²) in [4.78, 5) is 25.3. The molecule has 7 nitrogen and oxygen atoms in total. The number of carbonyl (C=O) groups excluding carboxylic acids is 2. The third-order valence-corrected chi connectivity index (χ3v) is 6.59. The molecule has 2 aliphatic rings. The normalized spacial score (nSPS) is 22.5. The fourth-order valence-corrected chi connectivity index (χ4v) is 5.30. The van der Waals surface area contributed by atoms with E-state index in [2.05, 4.69) is 16.1 Å². The number of piperidine rings is 1. The molecule has 8 heteroatoms. The largest absolute Gasteiger partial charge is 0.598 e. The maximum absolute atomic E-state index is 12.5. The van der Waals surface area contributed by atoms with Crippen molar-refractivity contribution in [2.75, 3.05) is 25.9 Å². The number of fused-ring (bicyclic) bond motifs is 2. The number of sulfonamides is 1. The van der Waals surface area contributed by atoms with E-state index in [0.29, 0.717) is 32.5 Å². The molecule has 3 rings (SSSR count). The van der Waals surface area contributed by atoms with Crippen molar-refractivity contribution in [2.24, 2.45) is 0 Å². The van der Waals surface area contributed by atoms with Crippen molar-refractivity contribution in [1.82, 2.24) is 14.9 Å². The molecule has 154 valence electrons. The first-order valence-corrected chi connectivity index (χ1v) is 11.7. The standard InChI is InChI=1S/C20H29N3O4S/c1-15(24)21-11-5-8-19(25)23-12-9-20(10-13-23)14-18(22-28(2,26)27)16-6-3-4-7-17(16)20/h3-4,6-7,18H,5,8-14H2,1-2H3,(H2-,21,22,24,26,27). The zero-order chi connectivity index (χ0) is 20.4. The molecule has 28 heavy (non-hydrogen) atoms. The molecule has 0 radical (unpaired) electrons. The summed E-state index contributed by atoms with van der Waals surface area (Å²) in [5, 5.41) is 2.71. The smallest absolute Gasteiger partial charge is 0.222 e. The fourth-order valence-electron chi connectivity index (χ4n) is 4.58. The minimum absolute atomic E-state index is 0.0775. The Morgan fingerprint density at radius 1 is 1.29 bits per heavy atom. The van der Waals surface area contributed by atoms with E-state index in [4.69, 9.17) is 0 Å². The second-order valence-electron chi connectivity index (χ2n) is 7.98. The highest BCUT2D eigenvalue weighted by molar-refractivity contribution is 7.95. The van der Waals surface area contributed by atoms with Crippen molar-refractivity contribution in [3.8, 4) is 0 Å². The lowest BCUT2D eigenvalue weighted by molar-refractivity contribution is -0.133. The molecule has 1 heterocycles. The second kappa shape index (κ2) is 8.31. The molecule has 1 aromatic rings. The van der Waals surface area contributed by atoms with Crippen LogP contribution >= 0.6 is 0 Å².